The Bertz CT molecular complexity index is 461. The molecule has 3 nitrogen and oxygen atoms in total. The Balaban J connectivity index is 2.43. The smallest absolute Gasteiger partial charge is 0.193 e. The van der Waals surface area contributed by atoms with E-state index in [0.717, 1.165) is 17.2 Å². The van der Waals surface area contributed by atoms with Crippen molar-refractivity contribution in [3.63, 3.8) is 0 Å². The maximum atomic E-state index is 5.80. The van der Waals surface area contributed by atoms with Gasteiger partial charge in [-0.25, -0.2) is 0 Å². The normalized spacial score (nSPS) is 11.1. The molecule has 0 fully saturated rings. The molecule has 18 heavy (non-hydrogen) atoms. The molecular weight excluding hydrogens is 242 g/mol. The molecule has 0 atom stereocenters. The SMILES string of the molecule is C#CCSCCN=C(N)Nc1ccc(C)c(C)c1. The minimum Gasteiger partial charge on any atom is -0.370 e. The van der Waals surface area contributed by atoms with Crippen LogP contribution in [0.15, 0.2) is 23.2 Å². The molecule has 1 aromatic rings. The molecule has 4 heteroatoms. The number of aryl methyl sites for hydroxylation is 2. The molecule has 0 spiro atoms. The molecule has 0 aromatic heterocycles. The highest BCUT2D eigenvalue weighted by Gasteiger charge is 1.97. The molecule has 0 aliphatic heterocycles. The van der Waals surface area contributed by atoms with Gasteiger partial charge in [-0.3, -0.25) is 4.99 Å². The van der Waals surface area contributed by atoms with Crippen LogP contribution in [-0.2, 0) is 0 Å². The summed E-state index contributed by atoms with van der Waals surface area (Å²) in [6.07, 6.45) is 5.16. The Morgan fingerprint density at radius 3 is 2.89 bits per heavy atom. The van der Waals surface area contributed by atoms with Crippen LogP contribution in [-0.4, -0.2) is 24.0 Å². The van der Waals surface area contributed by atoms with Crippen LogP contribution in [0.3, 0.4) is 0 Å². The summed E-state index contributed by atoms with van der Waals surface area (Å²) in [5.41, 5.74) is 9.27. The van der Waals surface area contributed by atoms with Gasteiger partial charge in [-0.15, -0.1) is 18.2 Å². The van der Waals surface area contributed by atoms with E-state index in [1.807, 2.05) is 6.07 Å². The van der Waals surface area contributed by atoms with Crippen molar-refractivity contribution in [2.24, 2.45) is 10.7 Å². The van der Waals surface area contributed by atoms with Crippen molar-refractivity contribution in [2.75, 3.05) is 23.4 Å². The third-order valence-electron chi connectivity index (χ3n) is 2.48. The number of benzene rings is 1. The minimum atomic E-state index is 0.444. The predicted molar refractivity (Wildman–Crippen MR) is 82.2 cm³/mol. The average Bonchev–Trinajstić information content (AvgIpc) is 2.34. The van der Waals surface area contributed by atoms with E-state index < -0.39 is 0 Å². The lowest BCUT2D eigenvalue weighted by Gasteiger charge is -2.07. The highest BCUT2D eigenvalue weighted by molar-refractivity contribution is 7.99. The molecule has 0 radical (unpaired) electrons. The topological polar surface area (TPSA) is 50.4 Å². The molecule has 0 saturated heterocycles. The van der Waals surface area contributed by atoms with E-state index >= 15 is 0 Å². The van der Waals surface area contributed by atoms with Gasteiger partial charge in [0.15, 0.2) is 5.96 Å². The highest BCUT2D eigenvalue weighted by atomic mass is 32.2. The summed E-state index contributed by atoms with van der Waals surface area (Å²) < 4.78 is 0. The van der Waals surface area contributed by atoms with Gasteiger partial charge in [0, 0.05) is 11.4 Å². The molecule has 0 unspecified atom stereocenters. The lowest BCUT2D eigenvalue weighted by molar-refractivity contribution is 1.13. The maximum absolute atomic E-state index is 5.80. The average molecular weight is 261 g/mol. The van der Waals surface area contributed by atoms with E-state index in [1.165, 1.54) is 11.1 Å². The van der Waals surface area contributed by atoms with E-state index in [9.17, 15) is 0 Å². The van der Waals surface area contributed by atoms with Crippen LogP contribution in [0.5, 0.6) is 0 Å². The summed E-state index contributed by atoms with van der Waals surface area (Å²) in [7, 11) is 0. The van der Waals surface area contributed by atoms with E-state index in [0.29, 0.717) is 12.5 Å². The van der Waals surface area contributed by atoms with Crippen molar-refractivity contribution in [3.05, 3.63) is 29.3 Å². The number of guanidine groups is 1. The first-order valence-corrected chi connectivity index (χ1v) is 6.94. The van der Waals surface area contributed by atoms with Crippen molar-refractivity contribution < 1.29 is 0 Å². The Hall–Kier alpha value is -1.60. The molecule has 1 rings (SSSR count). The number of aliphatic imine (C=N–C) groups is 1. The van der Waals surface area contributed by atoms with Gasteiger partial charge in [0.1, 0.15) is 0 Å². The van der Waals surface area contributed by atoms with E-state index in [1.54, 1.807) is 11.8 Å². The Kier molecular flexibility index (Phi) is 6.16. The zero-order valence-electron chi connectivity index (χ0n) is 10.9. The van der Waals surface area contributed by atoms with Crippen molar-refractivity contribution in [2.45, 2.75) is 13.8 Å². The maximum Gasteiger partial charge on any atom is 0.193 e. The first-order valence-electron chi connectivity index (χ1n) is 5.79. The molecule has 1 aromatic carbocycles. The third-order valence-corrected chi connectivity index (χ3v) is 3.32. The van der Waals surface area contributed by atoms with Gasteiger partial charge in [-0.1, -0.05) is 12.0 Å². The largest absolute Gasteiger partial charge is 0.370 e. The molecular formula is C14H19N3S. The molecule has 0 heterocycles. The fraction of sp³-hybridized carbons (Fsp3) is 0.357. The van der Waals surface area contributed by atoms with Crippen LogP contribution in [0.25, 0.3) is 0 Å². The van der Waals surface area contributed by atoms with Crippen LogP contribution in [0.2, 0.25) is 0 Å². The van der Waals surface area contributed by atoms with Gasteiger partial charge < -0.3 is 11.1 Å². The number of rotatable bonds is 5. The number of terminal acetylenes is 1. The summed E-state index contributed by atoms with van der Waals surface area (Å²) >= 11 is 1.68. The lowest BCUT2D eigenvalue weighted by atomic mass is 10.1. The third kappa shape index (κ3) is 5.15. The monoisotopic (exact) mass is 261 g/mol. The Morgan fingerprint density at radius 1 is 1.44 bits per heavy atom. The van der Waals surface area contributed by atoms with E-state index in [4.69, 9.17) is 12.2 Å². The van der Waals surface area contributed by atoms with E-state index in [-0.39, 0.29) is 0 Å². The van der Waals surface area contributed by atoms with Crippen molar-refractivity contribution >= 4 is 23.4 Å². The van der Waals surface area contributed by atoms with Gasteiger partial charge in [-0.2, -0.15) is 0 Å². The minimum absolute atomic E-state index is 0.444. The number of anilines is 1. The van der Waals surface area contributed by atoms with Crippen molar-refractivity contribution in [1.29, 1.82) is 0 Å². The van der Waals surface area contributed by atoms with Crippen molar-refractivity contribution in [1.82, 2.24) is 0 Å². The molecule has 0 aliphatic rings. The summed E-state index contributed by atoms with van der Waals surface area (Å²) in [6.45, 7) is 4.83. The Labute approximate surface area is 113 Å². The summed E-state index contributed by atoms with van der Waals surface area (Å²) in [5, 5.41) is 3.08. The second kappa shape index (κ2) is 7.67. The Morgan fingerprint density at radius 2 is 2.22 bits per heavy atom. The standard InChI is InChI=1S/C14H19N3S/c1-4-8-18-9-7-16-14(15)17-13-6-5-11(2)12(3)10-13/h1,5-6,10H,7-9H2,2-3H3,(H3,15,16,17). The van der Waals surface area contributed by atoms with E-state index in [2.05, 4.69) is 42.2 Å². The molecule has 0 amide bonds. The molecule has 3 N–H and O–H groups in total. The van der Waals surface area contributed by atoms with Gasteiger partial charge in [0.05, 0.1) is 12.3 Å². The van der Waals surface area contributed by atoms with Crippen LogP contribution < -0.4 is 11.1 Å². The zero-order chi connectivity index (χ0) is 13.4. The van der Waals surface area contributed by atoms with Crippen LogP contribution >= 0.6 is 11.8 Å². The number of thioether (sulfide) groups is 1. The summed E-state index contributed by atoms with van der Waals surface area (Å²) in [4.78, 5) is 4.24. The van der Waals surface area contributed by atoms with Gasteiger partial charge in [-0.05, 0) is 37.1 Å². The summed E-state index contributed by atoms with van der Waals surface area (Å²) in [6, 6.07) is 6.12. The molecule has 0 saturated carbocycles. The van der Waals surface area contributed by atoms with Crippen LogP contribution in [0, 0.1) is 26.2 Å². The lowest BCUT2D eigenvalue weighted by Crippen LogP contribution is -2.23. The number of nitrogens with two attached hydrogens (primary N) is 1. The first kappa shape index (κ1) is 14.5. The number of hydrogen-bond donors (Lipinski definition) is 2. The predicted octanol–water partition coefficient (Wildman–Crippen LogP) is 2.40. The van der Waals surface area contributed by atoms with Crippen molar-refractivity contribution in [3.8, 4) is 12.3 Å². The fourth-order valence-corrected chi connectivity index (χ4v) is 1.85. The van der Waals surface area contributed by atoms with Crippen LogP contribution in [0.1, 0.15) is 11.1 Å². The second-order valence-corrected chi connectivity index (χ2v) is 5.05. The molecule has 0 bridgehead atoms. The van der Waals surface area contributed by atoms with Gasteiger partial charge in [0.2, 0.25) is 0 Å². The second-order valence-electron chi connectivity index (χ2n) is 3.95. The van der Waals surface area contributed by atoms with Crippen LogP contribution in [0.4, 0.5) is 5.69 Å². The number of hydrogen-bond acceptors (Lipinski definition) is 2. The molecule has 96 valence electrons. The summed E-state index contributed by atoms with van der Waals surface area (Å²) in [5.74, 6) is 4.63. The number of nitrogens with one attached hydrogen (secondary N) is 1. The fourth-order valence-electron chi connectivity index (χ4n) is 1.37. The highest BCUT2D eigenvalue weighted by Crippen LogP contribution is 2.13. The number of nitrogens with zero attached hydrogens (tertiary/aromatic N) is 1. The van der Waals surface area contributed by atoms with Gasteiger partial charge in [0.25, 0.3) is 0 Å². The first-order chi connectivity index (χ1) is 8.63. The quantitative estimate of drug-likeness (QED) is 0.370. The zero-order valence-corrected chi connectivity index (χ0v) is 11.7. The van der Waals surface area contributed by atoms with Gasteiger partial charge >= 0.3 is 0 Å². The molecule has 0 aliphatic carbocycles.